The Kier molecular flexibility index (Phi) is 9.80. The van der Waals surface area contributed by atoms with Gasteiger partial charge in [0.1, 0.15) is 11.6 Å². The van der Waals surface area contributed by atoms with Crippen LogP contribution >= 0.6 is 0 Å². The van der Waals surface area contributed by atoms with Crippen molar-refractivity contribution < 1.29 is 21.1 Å². The summed E-state index contributed by atoms with van der Waals surface area (Å²) in [4.78, 5) is 20.3. The summed E-state index contributed by atoms with van der Waals surface area (Å²) in [5.74, 6) is 2.93. The maximum absolute atomic E-state index is 5.55. The van der Waals surface area contributed by atoms with E-state index in [2.05, 4.69) is 174 Å². The Morgan fingerprint density at radius 3 is 2.02 bits per heavy atom. The van der Waals surface area contributed by atoms with Crippen LogP contribution in [0.1, 0.15) is 116 Å². The van der Waals surface area contributed by atoms with Crippen molar-refractivity contribution in [2.75, 3.05) is 0 Å². The topological polar surface area (TPSA) is 62.6 Å². The van der Waals surface area contributed by atoms with Gasteiger partial charge in [-0.1, -0.05) is 130 Å². The molecule has 52 heavy (non-hydrogen) atoms. The largest absolute Gasteiger partial charge is 2.00 e. The maximum Gasteiger partial charge on any atom is 2.00 e. The molecule has 0 saturated heterocycles. The van der Waals surface area contributed by atoms with Crippen molar-refractivity contribution in [2.45, 2.75) is 104 Å². The molecule has 0 saturated carbocycles. The van der Waals surface area contributed by atoms with Gasteiger partial charge < -0.3 is 14.5 Å². The molecule has 4 aromatic heterocycles. The number of fused-ring (bicyclic) bond motifs is 3. The van der Waals surface area contributed by atoms with Crippen LogP contribution in [-0.2, 0) is 37.3 Å². The number of aromatic nitrogens is 6. The molecule has 6 nitrogen and oxygen atoms in total. The van der Waals surface area contributed by atoms with Crippen LogP contribution in [0.3, 0.4) is 0 Å². The van der Waals surface area contributed by atoms with Crippen LogP contribution in [0.4, 0.5) is 0 Å². The van der Waals surface area contributed by atoms with Crippen molar-refractivity contribution in [1.82, 2.24) is 29.1 Å². The van der Waals surface area contributed by atoms with Gasteiger partial charge in [0, 0.05) is 28.2 Å². The van der Waals surface area contributed by atoms with E-state index in [1.165, 1.54) is 33.2 Å². The van der Waals surface area contributed by atoms with Crippen LogP contribution in [0.2, 0.25) is 0 Å². The number of rotatable bonds is 8. The zero-order chi connectivity index (χ0) is 36.5. The fourth-order valence-electron chi connectivity index (χ4n) is 7.27. The van der Waals surface area contributed by atoms with Crippen LogP contribution < -0.4 is 4.98 Å². The molecule has 270 valence electrons. The molecular weight excluding hydrogens is 820 g/mol. The van der Waals surface area contributed by atoms with E-state index in [1.807, 2.05) is 6.07 Å². The van der Waals surface area contributed by atoms with Crippen LogP contribution in [-0.4, -0.2) is 24.1 Å². The minimum absolute atomic E-state index is 0. The molecular formula is C45H50N6Pt. The SMILES string of the molecule is CC(C)c1cccc(C(C)C)c1-n1cc(C(C)(C)C(C)(C)c2cc(C(C)(C)C)cc(-n3c4[c-]cccc4c4ccccc43)n2)nc1-c1ncc[n-]1.[Pt+2]. The normalized spacial score (nSPS) is 12.7. The summed E-state index contributed by atoms with van der Waals surface area (Å²) in [6, 6.07) is 29.6. The molecule has 0 aliphatic rings. The smallest absolute Gasteiger partial charge is 0.440 e. The molecule has 0 bridgehead atoms. The van der Waals surface area contributed by atoms with Gasteiger partial charge >= 0.3 is 21.1 Å². The first kappa shape index (κ1) is 37.5. The predicted octanol–water partition coefficient (Wildman–Crippen LogP) is 11.0. The van der Waals surface area contributed by atoms with Gasteiger partial charge in [-0.2, -0.15) is 24.3 Å². The Balaban J connectivity index is 0.00000464. The molecule has 0 aliphatic heterocycles. The van der Waals surface area contributed by atoms with E-state index in [-0.39, 0.29) is 26.5 Å². The first-order chi connectivity index (χ1) is 24.1. The minimum Gasteiger partial charge on any atom is -0.440 e. The predicted molar refractivity (Wildman–Crippen MR) is 210 cm³/mol. The van der Waals surface area contributed by atoms with E-state index in [4.69, 9.17) is 9.97 Å². The molecule has 0 fully saturated rings. The number of para-hydroxylation sites is 3. The average Bonchev–Trinajstić information content (AvgIpc) is 3.85. The van der Waals surface area contributed by atoms with Crippen molar-refractivity contribution >= 4 is 21.8 Å². The molecule has 3 aromatic carbocycles. The minimum atomic E-state index is -0.460. The van der Waals surface area contributed by atoms with Gasteiger partial charge in [-0.3, -0.25) is 4.57 Å². The second-order valence-electron chi connectivity index (χ2n) is 16.7. The Morgan fingerprint density at radius 1 is 0.731 bits per heavy atom. The number of hydrogen-bond acceptors (Lipinski definition) is 3. The standard InChI is InChI=1S/C45H50N6.Pt/c1-28(2)31-19-16-20-32(29(3)4)40(31)50-27-38(49-42(50)41-46-23-24-47-41)45(10,11)44(8,9)37-25-30(43(5,6)7)26-39(48-37)51-35-21-14-12-17-33(35)34-18-13-15-22-36(34)51;/h12-21,23-29H,1-11H3;/q-2;+2. The van der Waals surface area contributed by atoms with Crippen molar-refractivity contribution in [1.29, 1.82) is 0 Å². The monoisotopic (exact) mass is 869 g/mol. The van der Waals surface area contributed by atoms with E-state index >= 15 is 0 Å². The summed E-state index contributed by atoms with van der Waals surface area (Å²) in [6.07, 6.45) is 5.73. The van der Waals surface area contributed by atoms with E-state index in [9.17, 15) is 0 Å². The molecule has 7 aromatic rings. The number of hydrogen-bond donors (Lipinski definition) is 0. The van der Waals surface area contributed by atoms with E-state index in [0.717, 1.165) is 34.1 Å². The second-order valence-corrected chi connectivity index (χ2v) is 16.7. The summed E-state index contributed by atoms with van der Waals surface area (Å²) in [5, 5.41) is 2.37. The molecule has 0 radical (unpaired) electrons. The molecule has 7 rings (SSSR count). The number of nitrogens with zero attached hydrogens (tertiary/aromatic N) is 6. The van der Waals surface area contributed by atoms with Gasteiger partial charge in [0.25, 0.3) is 0 Å². The fourth-order valence-corrected chi connectivity index (χ4v) is 7.27. The van der Waals surface area contributed by atoms with Crippen LogP contribution in [0.15, 0.2) is 91.4 Å². The molecule has 0 N–H and O–H groups in total. The van der Waals surface area contributed by atoms with Gasteiger partial charge in [0.2, 0.25) is 0 Å². The molecule has 0 spiro atoms. The van der Waals surface area contributed by atoms with Crippen molar-refractivity contribution in [3.63, 3.8) is 0 Å². The van der Waals surface area contributed by atoms with Gasteiger partial charge in [-0.25, -0.2) is 9.97 Å². The fraction of sp³-hybridized carbons (Fsp3) is 0.356. The average molecular weight is 870 g/mol. The number of pyridine rings is 1. The molecule has 4 heterocycles. The zero-order valence-corrected chi connectivity index (χ0v) is 34.6. The van der Waals surface area contributed by atoms with Crippen LogP contribution in [0.5, 0.6) is 0 Å². The number of imidazole rings is 2. The third-order valence-corrected chi connectivity index (χ3v) is 11.2. The summed E-state index contributed by atoms with van der Waals surface area (Å²) in [5.41, 5.74) is 8.09. The quantitative estimate of drug-likeness (QED) is 0.143. The van der Waals surface area contributed by atoms with Crippen LogP contribution in [0, 0.1) is 6.07 Å². The van der Waals surface area contributed by atoms with Crippen molar-refractivity contribution in [3.05, 3.63) is 126 Å². The van der Waals surface area contributed by atoms with Gasteiger partial charge in [-0.05, 0) is 63.4 Å². The Labute approximate surface area is 323 Å². The summed E-state index contributed by atoms with van der Waals surface area (Å²) >= 11 is 0. The second kappa shape index (κ2) is 13.6. The van der Waals surface area contributed by atoms with E-state index in [1.54, 1.807) is 12.4 Å². The molecule has 0 amide bonds. The number of benzene rings is 3. The molecule has 0 atom stereocenters. The zero-order valence-electron chi connectivity index (χ0n) is 32.3. The van der Waals surface area contributed by atoms with E-state index in [0.29, 0.717) is 17.7 Å². The molecule has 0 aliphatic carbocycles. The Bertz CT molecular complexity index is 2280. The summed E-state index contributed by atoms with van der Waals surface area (Å²) in [7, 11) is 0. The Hall–Kier alpha value is -4.28. The van der Waals surface area contributed by atoms with E-state index < -0.39 is 10.8 Å². The summed E-state index contributed by atoms with van der Waals surface area (Å²) in [6.45, 7) is 25.1. The third-order valence-electron chi connectivity index (χ3n) is 11.2. The maximum atomic E-state index is 5.55. The summed E-state index contributed by atoms with van der Waals surface area (Å²) < 4.78 is 4.54. The van der Waals surface area contributed by atoms with Gasteiger partial charge in [0.05, 0.1) is 11.4 Å². The van der Waals surface area contributed by atoms with Gasteiger partial charge in [0.15, 0.2) is 0 Å². The first-order valence-corrected chi connectivity index (χ1v) is 18.2. The Morgan fingerprint density at radius 2 is 1.38 bits per heavy atom. The van der Waals surface area contributed by atoms with Crippen molar-refractivity contribution in [3.8, 4) is 23.2 Å². The third kappa shape index (κ3) is 6.17. The molecule has 7 heteroatoms. The first-order valence-electron chi connectivity index (χ1n) is 18.2. The van der Waals surface area contributed by atoms with Gasteiger partial charge in [-0.15, -0.1) is 5.39 Å². The molecule has 0 unspecified atom stereocenters. The van der Waals surface area contributed by atoms with Crippen LogP contribution in [0.25, 0.3) is 45.0 Å². The van der Waals surface area contributed by atoms with Crippen molar-refractivity contribution in [2.24, 2.45) is 0 Å².